The van der Waals surface area contributed by atoms with E-state index >= 15 is 0 Å². The molecule has 6 nitrogen and oxygen atoms in total. The third kappa shape index (κ3) is 2.08. The molecule has 0 amide bonds. The van der Waals surface area contributed by atoms with Crippen LogP contribution in [-0.2, 0) is 0 Å². The zero-order valence-corrected chi connectivity index (χ0v) is 11.5. The first-order chi connectivity index (χ1) is 10.4. The van der Waals surface area contributed by atoms with Crippen LogP contribution in [0.15, 0.2) is 35.1 Å². The van der Waals surface area contributed by atoms with Crippen LogP contribution in [0, 0.1) is 0 Å². The van der Waals surface area contributed by atoms with E-state index in [0.717, 1.165) is 22.5 Å². The lowest BCUT2D eigenvalue weighted by atomic mass is 10.1. The lowest BCUT2D eigenvalue weighted by molar-refractivity contribution is 0.414. The average Bonchev–Trinajstić information content (AvgIpc) is 3.23. The lowest BCUT2D eigenvalue weighted by Crippen LogP contribution is -2.04. The highest BCUT2D eigenvalue weighted by Crippen LogP contribution is 2.37. The van der Waals surface area contributed by atoms with Gasteiger partial charge in [0.15, 0.2) is 0 Å². The van der Waals surface area contributed by atoms with Gasteiger partial charge in [-0.25, -0.2) is 4.98 Å². The fourth-order valence-electron chi connectivity index (χ4n) is 2.34. The molecule has 1 aliphatic rings. The van der Waals surface area contributed by atoms with Crippen LogP contribution in [0.5, 0.6) is 5.75 Å². The molecule has 2 aromatic heterocycles. The number of para-hydroxylation sites is 1. The van der Waals surface area contributed by atoms with Crippen LogP contribution in [0.2, 0.25) is 0 Å². The summed E-state index contributed by atoms with van der Waals surface area (Å²) >= 11 is 0. The molecule has 21 heavy (non-hydrogen) atoms. The molecular formula is C15H14N4O2. The normalized spacial score (nSPS) is 14.3. The fourth-order valence-corrected chi connectivity index (χ4v) is 2.34. The van der Waals surface area contributed by atoms with E-state index in [-0.39, 0.29) is 0 Å². The topological polar surface area (TPSA) is 73.1 Å². The van der Waals surface area contributed by atoms with Crippen molar-refractivity contribution in [3.63, 3.8) is 0 Å². The summed E-state index contributed by atoms with van der Waals surface area (Å²) in [4.78, 5) is 8.49. The van der Waals surface area contributed by atoms with E-state index in [4.69, 9.17) is 9.26 Å². The fraction of sp³-hybridized carbons (Fsp3) is 0.267. The Hall–Kier alpha value is -2.63. The highest BCUT2D eigenvalue weighted by atomic mass is 16.5. The number of nitrogens with one attached hydrogen (secondary N) is 1. The molecule has 4 rings (SSSR count). The van der Waals surface area contributed by atoms with Crippen molar-refractivity contribution in [3.05, 3.63) is 30.6 Å². The van der Waals surface area contributed by atoms with Gasteiger partial charge in [0, 0.05) is 11.6 Å². The summed E-state index contributed by atoms with van der Waals surface area (Å²) < 4.78 is 10.8. The molecule has 0 radical (unpaired) electrons. The molecule has 1 saturated carbocycles. The molecule has 0 unspecified atom stereocenters. The molecule has 1 N–H and O–H groups in total. The Balaban J connectivity index is 1.92. The molecule has 0 bridgehead atoms. The van der Waals surface area contributed by atoms with Crippen molar-refractivity contribution in [2.45, 2.75) is 18.9 Å². The molecule has 0 atom stereocenters. The standard InChI is InChI=1S/C15H14N4O2/c1-20-11-5-3-2-4-10(11)13-12-14(18-9-6-7-9)16-8-17-15(12)21-19-13/h2-5,8-9H,6-7H2,1H3,(H,16,17,18). The summed E-state index contributed by atoms with van der Waals surface area (Å²) in [5.41, 5.74) is 2.05. The number of benzene rings is 1. The number of hydrogen-bond donors (Lipinski definition) is 1. The molecule has 1 aromatic carbocycles. The van der Waals surface area contributed by atoms with Crippen molar-refractivity contribution < 1.29 is 9.26 Å². The minimum absolute atomic E-state index is 0.481. The van der Waals surface area contributed by atoms with E-state index in [1.54, 1.807) is 7.11 Å². The van der Waals surface area contributed by atoms with Crippen molar-refractivity contribution in [1.82, 2.24) is 15.1 Å². The molecule has 0 saturated heterocycles. The second kappa shape index (κ2) is 4.73. The SMILES string of the molecule is COc1ccccc1-c1noc2ncnc(NC3CC3)c12. The molecule has 6 heteroatoms. The Bertz CT molecular complexity index is 795. The van der Waals surface area contributed by atoms with E-state index in [1.165, 1.54) is 19.2 Å². The molecule has 0 aliphatic heterocycles. The molecule has 1 fully saturated rings. The zero-order chi connectivity index (χ0) is 14.2. The van der Waals surface area contributed by atoms with Crippen LogP contribution < -0.4 is 10.1 Å². The van der Waals surface area contributed by atoms with Crippen LogP contribution in [0.4, 0.5) is 5.82 Å². The monoisotopic (exact) mass is 282 g/mol. The lowest BCUT2D eigenvalue weighted by Gasteiger charge is -2.07. The first-order valence-corrected chi connectivity index (χ1v) is 6.87. The second-order valence-corrected chi connectivity index (χ2v) is 5.05. The molecule has 0 spiro atoms. The van der Waals surface area contributed by atoms with Gasteiger partial charge in [-0.3, -0.25) is 0 Å². The summed E-state index contributed by atoms with van der Waals surface area (Å²) in [6.07, 6.45) is 3.83. The maximum Gasteiger partial charge on any atom is 0.263 e. The van der Waals surface area contributed by atoms with Gasteiger partial charge in [-0.05, 0) is 25.0 Å². The van der Waals surface area contributed by atoms with Crippen LogP contribution in [0.1, 0.15) is 12.8 Å². The number of anilines is 1. The van der Waals surface area contributed by atoms with Crippen molar-refractivity contribution in [1.29, 1.82) is 0 Å². The van der Waals surface area contributed by atoms with Crippen LogP contribution >= 0.6 is 0 Å². The Morgan fingerprint density at radius 2 is 2.10 bits per heavy atom. The smallest absolute Gasteiger partial charge is 0.263 e. The van der Waals surface area contributed by atoms with Gasteiger partial charge in [-0.1, -0.05) is 17.3 Å². The van der Waals surface area contributed by atoms with Crippen LogP contribution in [0.25, 0.3) is 22.4 Å². The van der Waals surface area contributed by atoms with Gasteiger partial charge >= 0.3 is 0 Å². The summed E-state index contributed by atoms with van der Waals surface area (Å²) in [6, 6.07) is 8.20. The Morgan fingerprint density at radius 3 is 2.90 bits per heavy atom. The van der Waals surface area contributed by atoms with Gasteiger partial charge in [-0.15, -0.1) is 0 Å². The van der Waals surface area contributed by atoms with E-state index in [1.807, 2.05) is 24.3 Å². The predicted octanol–water partition coefficient (Wildman–Crippen LogP) is 2.87. The number of fused-ring (bicyclic) bond motifs is 1. The minimum atomic E-state index is 0.481. The van der Waals surface area contributed by atoms with Crippen molar-refractivity contribution in [2.24, 2.45) is 0 Å². The highest BCUT2D eigenvalue weighted by Gasteiger charge is 2.25. The average molecular weight is 282 g/mol. The second-order valence-electron chi connectivity index (χ2n) is 5.05. The van der Waals surface area contributed by atoms with Crippen molar-refractivity contribution in [3.8, 4) is 17.0 Å². The van der Waals surface area contributed by atoms with Gasteiger partial charge in [-0.2, -0.15) is 4.98 Å². The minimum Gasteiger partial charge on any atom is -0.496 e. The Kier molecular flexibility index (Phi) is 2.73. The van der Waals surface area contributed by atoms with Gasteiger partial charge < -0.3 is 14.6 Å². The van der Waals surface area contributed by atoms with Crippen LogP contribution in [-0.4, -0.2) is 28.3 Å². The third-order valence-electron chi connectivity index (χ3n) is 3.55. The maximum absolute atomic E-state index is 5.41. The molecule has 106 valence electrons. The Morgan fingerprint density at radius 1 is 1.24 bits per heavy atom. The maximum atomic E-state index is 5.41. The zero-order valence-electron chi connectivity index (χ0n) is 11.5. The van der Waals surface area contributed by atoms with Crippen LogP contribution in [0.3, 0.4) is 0 Å². The summed E-state index contributed by atoms with van der Waals surface area (Å²) in [7, 11) is 1.64. The van der Waals surface area contributed by atoms with Gasteiger partial charge in [0.05, 0.1) is 7.11 Å². The largest absolute Gasteiger partial charge is 0.496 e. The molecule has 3 aromatic rings. The van der Waals surface area contributed by atoms with E-state index in [2.05, 4.69) is 20.4 Å². The van der Waals surface area contributed by atoms with E-state index < -0.39 is 0 Å². The van der Waals surface area contributed by atoms with Crippen molar-refractivity contribution in [2.75, 3.05) is 12.4 Å². The third-order valence-corrected chi connectivity index (χ3v) is 3.55. The first kappa shape index (κ1) is 12.1. The molecule has 1 aliphatic carbocycles. The quantitative estimate of drug-likeness (QED) is 0.793. The number of nitrogens with zero attached hydrogens (tertiary/aromatic N) is 3. The Labute approximate surface area is 121 Å². The summed E-state index contributed by atoms with van der Waals surface area (Å²) in [6.45, 7) is 0. The number of rotatable bonds is 4. The summed E-state index contributed by atoms with van der Waals surface area (Å²) in [5.74, 6) is 1.51. The van der Waals surface area contributed by atoms with E-state index in [9.17, 15) is 0 Å². The number of hydrogen-bond acceptors (Lipinski definition) is 6. The van der Waals surface area contributed by atoms with Gasteiger partial charge in [0.1, 0.15) is 29.0 Å². The number of ether oxygens (including phenoxy) is 1. The van der Waals surface area contributed by atoms with Gasteiger partial charge in [0.25, 0.3) is 5.71 Å². The number of aromatic nitrogens is 3. The van der Waals surface area contributed by atoms with E-state index in [0.29, 0.717) is 17.4 Å². The molecule has 2 heterocycles. The molecular weight excluding hydrogens is 268 g/mol. The number of methoxy groups -OCH3 is 1. The highest BCUT2D eigenvalue weighted by molar-refractivity contribution is 5.98. The van der Waals surface area contributed by atoms with Gasteiger partial charge in [0.2, 0.25) is 0 Å². The first-order valence-electron chi connectivity index (χ1n) is 6.87. The van der Waals surface area contributed by atoms with Crippen molar-refractivity contribution >= 4 is 16.9 Å². The predicted molar refractivity (Wildman–Crippen MR) is 78.2 cm³/mol. The summed E-state index contributed by atoms with van der Waals surface area (Å²) in [5, 5.41) is 8.37.